The van der Waals surface area contributed by atoms with Gasteiger partial charge in [0.05, 0.1) is 24.9 Å². The average molecular weight is 381 g/mol. The van der Waals surface area contributed by atoms with Gasteiger partial charge in [0, 0.05) is 29.8 Å². The molecule has 1 aromatic carbocycles. The van der Waals surface area contributed by atoms with Crippen molar-refractivity contribution >= 4 is 22.5 Å². The van der Waals surface area contributed by atoms with Crippen LogP contribution in [0, 0.1) is 0 Å². The van der Waals surface area contributed by atoms with Gasteiger partial charge in [-0.15, -0.1) is 10.2 Å². The molecule has 0 unspecified atom stereocenters. The summed E-state index contributed by atoms with van der Waals surface area (Å²) < 4.78 is 7.55. The van der Waals surface area contributed by atoms with E-state index in [0.717, 1.165) is 34.4 Å². The third-order valence-corrected chi connectivity index (χ3v) is 5.43. The Morgan fingerprint density at radius 2 is 2.19 bits per heavy atom. The summed E-state index contributed by atoms with van der Waals surface area (Å²) in [5.74, 6) is 0.951. The van der Waals surface area contributed by atoms with Crippen LogP contribution in [-0.4, -0.2) is 43.2 Å². The van der Waals surface area contributed by atoms with Gasteiger partial charge in [-0.25, -0.2) is 4.98 Å². The maximum Gasteiger partial charge on any atom is 0.133 e. The molecule has 0 spiro atoms. The molecule has 1 aliphatic rings. The molecule has 27 heavy (non-hydrogen) atoms. The molecule has 0 amide bonds. The van der Waals surface area contributed by atoms with E-state index in [1.54, 1.807) is 12.5 Å². The van der Waals surface area contributed by atoms with E-state index in [9.17, 15) is 0 Å². The smallest absolute Gasteiger partial charge is 0.133 e. The van der Waals surface area contributed by atoms with E-state index in [2.05, 4.69) is 49.6 Å². The molecule has 1 aliphatic heterocycles. The van der Waals surface area contributed by atoms with Gasteiger partial charge in [-0.05, 0) is 17.7 Å². The van der Waals surface area contributed by atoms with Gasteiger partial charge in [0.1, 0.15) is 23.0 Å². The van der Waals surface area contributed by atoms with Crippen LogP contribution >= 0.6 is 11.6 Å². The first-order valence-corrected chi connectivity index (χ1v) is 9.04. The lowest BCUT2D eigenvalue weighted by atomic mass is 9.75. The first kappa shape index (κ1) is 16.4. The number of aromatic amines is 1. The van der Waals surface area contributed by atoms with Gasteiger partial charge in [0.25, 0.3) is 0 Å². The fourth-order valence-electron chi connectivity index (χ4n) is 3.60. The van der Waals surface area contributed by atoms with E-state index in [0.29, 0.717) is 18.4 Å². The molecule has 7 nitrogen and oxygen atoms in total. The monoisotopic (exact) mass is 380 g/mol. The maximum atomic E-state index is 6.08. The first-order valence-electron chi connectivity index (χ1n) is 8.66. The highest BCUT2D eigenvalue weighted by Gasteiger charge is 2.41. The minimum absolute atomic E-state index is 0.0951. The van der Waals surface area contributed by atoms with Crippen molar-refractivity contribution in [1.82, 2.24) is 29.9 Å². The Morgan fingerprint density at radius 3 is 2.93 bits per heavy atom. The number of ether oxygens (including phenoxy) is 1. The van der Waals surface area contributed by atoms with Crippen molar-refractivity contribution in [3.8, 4) is 11.3 Å². The molecule has 4 heterocycles. The highest BCUT2D eigenvalue weighted by Crippen LogP contribution is 2.38. The van der Waals surface area contributed by atoms with E-state index in [1.807, 2.05) is 17.7 Å². The van der Waals surface area contributed by atoms with Crippen LogP contribution < -0.4 is 0 Å². The highest BCUT2D eigenvalue weighted by atomic mass is 35.5. The number of H-pyrrole nitrogens is 1. The number of nitrogens with zero attached hydrogens (tertiary/aromatic N) is 5. The fraction of sp³-hybridized carbons (Fsp3) is 0.263. The normalized spacial score (nSPS) is 15.8. The summed E-state index contributed by atoms with van der Waals surface area (Å²) in [4.78, 5) is 4.11. The van der Waals surface area contributed by atoms with Crippen LogP contribution in [0.1, 0.15) is 11.4 Å². The standard InChI is InChI=1S/C19H17ClN6O/c1-26-11-22-24-17(26)7-19(9-27-10-19)13-4-2-3-12(5-13)18-14-6-16(20)21-8-15(14)23-25-18/h2-6,8,11H,7,9-10H2,1H3,(H,23,25). The SMILES string of the molecule is Cn1cnnc1CC1(c2cccc(-c3n[nH]c4cnc(Cl)cc34)c2)COC1. The Balaban J connectivity index is 1.56. The number of hydrogen-bond donors (Lipinski definition) is 1. The molecule has 3 aromatic heterocycles. The van der Waals surface area contributed by atoms with Crippen LogP contribution in [0.3, 0.4) is 0 Å². The number of pyridine rings is 1. The van der Waals surface area contributed by atoms with Gasteiger partial charge in [-0.2, -0.15) is 5.10 Å². The zero-order valence-corrected chi connectivity index (χ0v) is 15.4. The molecule has 4 aromatic rings. The van der Waals surface area contributed by atoms with Gasteiger partial charge in [-0.3, -0.25) is 5.10 Å². The summed E-state index contributed by atoms with van der Waals surface area (Å²) in [6, 6.07) is 10.3. The summed E-state index contributed by atoms with van der Waals surface area (Å²) in [5.41, 5.74) is 3.88. The average Bonchev–Trinajstić information content (AvgIpc) is 3.24. The van der Waals surface area contributed by atoms with Gasteiger partial charge < -0.3 is 9.30 Å². The van der Waals surface area contributed by atoms with E-state index in [4.69, 9.17) is 16.3 Å². The minimum Gasteiger partial charge on any atom is -0.379 e. The molecule has 0 saturated carbocycles. The van der Waals surface area contributed by atoms with Crippen molar-refractivity contribution in [2.75, 3.05) is 13.2 Å². The van der Waals surface area contributed by atoms with Crippen LogP contribution in [0.2, 0.25) is 5.15 Å². The molecule has 1 saturated heterocycles. The third kappa shape index (κ3) is 2.70. The summed E-state index contributed by atoms with van der Waals surface area (Å²) >= 11 is 6.08. The number of aryl methyl sites for hydroxylation is 1. The van der Waals surface area contributed by atoms with Crippen LogP contribution in [0.15, 0.2) is 42.9 Å². The Hall–Kier alpha value is -2.77. The lowest BCUT2D eigenvalue weighted by Crippen LogP contribution is -2.49. The van der Waals surface area contributed by atoms with Gasteiger partial charge in [-0.1, -0.05) is 29.8 Å². The Bertz CT molecular complexity index is 1130. The first-order chi connectivity index (χ1) is 13.1. The Morgan fingerprint density at radius 1 is 1.30 bits per heavy atom. The fourth-order valence-corrected chi connectivity index (χ4v) is 3.75. The van der Waals surface area contributed by atoms with E-state index < -0.39 is 0 Å². The molecular formula is C19H17ClN6O. The lowest BCUT2D eigenvalue weighted by molar-refractivity contribution is -0.0611. The zero-order chi connectivity index (χ0) is 18.4. The van der Waals surface area contributed by atoms with Crippen molar-refractivity contribution in [3.05, 3.63) is 59.4 Å². The molecule has 8 heteroatoms. The molecule has 1 N–H and O–H groups in total. The number of halogens is 1. The second kappa shape index (κ2) is 6.14. The van der Waals surface area contributed by atoms with E-state index in [1.165, 1.54) is 5.56 Å². The molecule has 5 rings (SSSR count). The van der Waals surface area contributed by atoms with Gasteiger partial charge in [0.15, 0.2) is 0 Å². The molecule has 0 radical (unpaired) electrons. The predicted molar refractivity (Wildman–Crippen MR) is 102 cm³/mol. The molecule has 1 fully saturated rings. The summed E-state index contributed by atoms with van der Waals surface area (Å²) in [5, 5.41) is 17.2. The summed E-state index contributed by atoms with van der Waals surface area (Å²) in [6.07, 6.45) is 4.21. The van der Waals surface area contributed by atoms with Crippen molar-refractivity contribution in [3.63, 3.8) is 0 Å². The number of hydrogen-bond acceptors (Lipinski definition) is 5. The largest absolute Gasteiger partial charge is 0.379 e. The molecule has 136 valence electrons. The zero-order valence-electron chi connectivity index (χ0n) is 14.7. The number of benzene rings is 1. The summed E-state index contributed by atoms with van der Waals surface area (Å²) in [7, 11) is 1.96. The van der Waals surface area contributed by atoms with Crippen LogP contribution in [0.25, 0.3) is 22.2 Å². The van der Waals surface area contributed by atoms with Crippen LogP contribution in [-0.2, 0) is 23.6 Å². The van der Waals surface area contributed by atoms with Gasteiger partial charge in [0.2, 0.25) is 0 Å². The quantitative estimate of drug-likeness (QED) is 0.550. The lowest BCUT2D eigenvalue weighted by Gasteiger charge is -2.41. The van der Waals surface area contributed by atoms with Crippen molar-refractivity contribution in [2.45, 2.75) is 11.8 Å². The second-order valence-corrected chi connectivity index (χ2v) is 7.40. The van der Waals surface area contributed by atoms with E-state index >= 15 is 0 Å². The molecule has 0 atom stereocenters. The van der Waals surface area contributed by atoms with Crippen molar-refractivity contribution in [1.29, 1.82) is 0 Å². The highest BCUT2D eigenvalue weighted by molar-refractivity contribution is 6.30. The van der Waals surface area contributed by atoms with E-state index in [-0.39, 0.29) is 5.41 Å². The van der Waals surface area contributed by atoms with Crippen LogP contribution in [0.4, 0.5) is 0 Å². The van der Waals surface area contributed by atoms with Crippen molar-refractivity contribution in [2.24, 2.45) is 7.05 Å². The Labute approximate surface area is 160 Å². The Kier molecular flexibility index (Phi) is 3.73. The van der Waals surface area contributed by atoms with Crippen LogP contribution in [0.5, 0.6) is 0 Å². The third-order valence-electron chi connectivity index (χ3n) is 5.22. The number of aromatic nitrogens is 6. The predicted octanol–water partition coefficient (Wildman–Crippen LogP) is 2.92. The summed E-state index contributed by atoms with van der Waals surface area (Å²) in [6.45, 7) is 1.33. The molecular weight excluding hydrogens is 364 g/mol. The molecule has 0 aliphatic carbocycles. The number of rotatable bonds is 4. The topological polar surface area (TPSA) is 81.5 Å². The van der Waals surface area contributed by atoms with Gasteiger partial charge >= 0.3 is 0 Å². The molecule has 0 bridgehead atoms. The minimum atomic E-state index is -0.0951. The number of fused-ring (bicyclic) bond motifs is 1. The van der Waals surface area contributed by atoms with Crippen molar-refractivity contribution < 1.29 is 4.74 Å². The second-order valence-electron chi connectivity index (χ2n) is 7.01. The maximum absolute atomic E-state index is 6.08. The number of nitrogens with one attached hydrogen (secondary N) is 1.